The van der Waals surface area contributed by atoms with E-state index in [9.17, 15) is 0 Å². The van der Waals surface area contributed by atoms with Crippen molar-refractivity contribution in [1.29, 1.82) is 0 Å². The molecule has 0 aromatic rings. The first-order valence-corrected chi connectivity index (χ1v) is 2.35. The van der Waals surface area contributed by atoms with Crippen LogP contribution in [0.15, 0.2) is 0 Å². The van der Waals surface area contributed by atoms with Crippen LogP contribution in [-0.2, 0) is 4.57 Å². The van der Waals surface area contributed by atoms with Gasteiger partial charge in [0, 0.05) is 0 Å². The molecule has 3 N–H and O–H groups in total. The van der Waals surface area contributed by atoms with Crippen molar-refractivity contribution in [3.8, 4) is 0 Å². The van der Waals surface area contributed by atoms with Crippen LogP contribution in [0.3, 0.4) is 0 Å². The predicted octanol–water partition coefficient (Wildman–Crippen LogP) is -7.15. The van der Waals surface area contributed by atoms with Gasteiger partial charge in [0.15, 0.2) is 0 Å². The third kappa shape index (κ3) is 174. The minimum atomic E-state index is -4.64. The fraction of sp³-hybridized carbons (Fsp3) is 0. The minimum absolute atomic E-state index is 0. The molecule has 9 heteroatoms. The molecule has 0 aliphatic carbocycles. The van der Waals surface area contributed by atoms with E-state index in [0.29, 0.717) is 0 Å². The Balaban J connectivity index is -0.0000000133. The molecule has 0 bridgehead atoms. The Morgan fingerprint density at radius 2 is 1.00 bits per heavy atom. The van der Waals surface area contributed by atoms with Gasteiger partial charge < -0.3 is 39.5 Å². The van der Waals surface area contributed by atoms with Gasteiger partial charge >= 0.3 is 45.6 Å². The number of phosphoric acid groups is 1. The van der Waals surface area contributed by atoms with E-state index in [1.165, 1.54) is 0 Å². The van der Waals surface area contributed by atoms with E-state index >= 15 is 0 Å². The fourth-order valence-electron chi connectivity index (χ4n) is 0. The normalized spacial score (nSPS) is 6.56. The van der Waals surface area contributed by atoms with E-state index in [0.717, 1.165) is 0 Å². The molecule has 9 heavy (non-hydrogen) atoms. The zero-order valence-corrected chi connectivity index (χ0v) is 8.68. The van der Waals surface area contributed by atoms with Crippen molar-refractivity contribution < 1.29 is 48.8 Å². The van der Waals surface area contributed by atoms with E-state index < -0.39 is 7.82 Å². The van der Waals surface area contributed by atoms with Gasteiger partial charge in [-0.3, -0.25) is 4.70 Å². The fourth-order valence-corrected chi connectivity index (χ4v) is 0. The summed E-state index contributed by atoms with van der Waals surface area (Å²) in [7, 11) is -4.64. The zero-order valence-electron chi connectivity index (χ0n) is 4.07. The van der Waals surface area contributed by atoms with E-state index in [4.69, 9.17) is 19.2 Å². The third-order valence-corrected chi connectivity index (χ3v) is 0. The van der Waals surface area contributed by atoms with E-state index in [1.54, 1.807) is 0 Å². The van der Waals surface area contributed by atoms with Crippen molar-refractivity contribution in [2.75, 3.05) is 0 Å². The molecule has 0 aromatic heterocycles. The molecular weight excluding hydrogens is 225 g/mol. The molecule has 56 valence electrons. The summed E-state index contributed by atoms with van der Waals surface area (Å²) in [5.74, 6) is 0. The van der Waals surface area contributed by atoms with Crippen molar-refractivity contribution in [2.45, 2.75) is 0 Å². The first-order valence-electron chi connectivity index (χ1n) is 0.783. The standard InChI is InChI=1S/Ca.2ClH.FH.H3O4P/c;;;;1-5(2,3)4/h;3*1H;(H3,1,2,3,4)/q+2;;;;/p-2. The molecule has 4 nitrogen and oxygen atoms in total. The van der Waals surface area contributed by atoms with Gasteiger partial charge in [0.2, 0.25) is 0 Å². The summed E-state index contributed by atoms with van der Waals surface area (Å²) in [5, 5.41) is 0. The maximum Gasteiger partial charge on any atom is 2.00 e. The average Bonchev–Trinajstić information content (AvgIpc) is 0.722. The molecule has 0 fully saturated rings. The van der Waals surface area contributed by atoms with Gasteiger partial charge in [-0.1, -0.05) is 0 Å². The van der Waals surface area contributed by atoms with Gasteiger partial charge in [0.1, 0.15) is 0 Å². The van der Waals surface area contributed by atoms with Gasteiger partial charge in [-0.05, 0) is 0 Å². The van der Waals surface area contributed by atoms with Crippen LogP contribution < -0.4 is 24.8 Å². The predicted molar refractivity (Wildman–Crippen MR) is 22.5 cm³/mol. The Bertz CT molecular complexity index is 64.7. The van der Waals surface area contributed by atoms with Gasteiger partial charge in [0.25, 0.3) is 0 Å². The minimum Gasteiger partial charge on any atom is -1.00 e. The third-order valence-electron chi connectivity index (χ3n) is 0. The van der Waals surface area contributed by atoms with Crippen molar-refractivity contribution in [3.05, 3.63) is 0 Å². The summed E-state index contributed by atoms with van der Waals surface area (Å²) in [6, 6.07) is 0. The number of rotatable bonds is 0. The van der Waals surface area contributed by atoms with Gasteiger partial charge in [0.05, 0.1) is 0 Å². The molecule has 0 spiro atoms. The van der Waals surface area contributed by atoms with E-state index in [2.05, 4.69) is 0 Å². The largest absolute Gasteiger partial charge is 2.00 e. The summed E-state index contributed by atoms with van der Waals surface area (Å²) in [6.45, 7) is 0. The first-order chi connectivity index (χ1) is 2.00. The molecule has 0 aliphatic rings. The maximum absolute atomic E-state index is 8.88. The molecular formula is H4CaCl2FO4P. The van der Waals surface area contributed by atoms with Gasteiger partial charge in [-0.25, -0.2) is 4.57 Å². The molecule has 0 unspecified atom stereocenters. The van der Waals surface area contributed by atoms with Crippen molar-refractivity contribution in [2.24, 2.45) is 0 Å². The molecule has 0 atom stereocenters. The van der Waals surface area contributed by atoms with Gasteiger partial charge in [-0.2, -0.15) is 0 Å². The second kappa shape index (κ2) is 12.5. The van der Waals surface area contributed by atoms with Gasteiger partial charge in [-0.15, -0.1) is 0 Å². The Labute approximate surface area is 93.5 Å². The average molecular weight is 229 g/mol. The number of hydrogen-bond acceptors (Lipinski definition) is 1. The molecule has 0 amide bonds. The van der Waals surface area contributed by atoms with E-state index in [1.807, 2.05) is 0 Å². The van der Waals surface area contributed by atoms with Crippen LogP contribution in [0.1, 0.15) is 0 Å². The second-order valence-corrected chi connectivity index (χ2v) is 1.54. The number of halogens is 3. The van der Waals surface area contributed by atoms with Crippen LogP contribution in [-0.4, -0.2) is 52.4 Å². The van der Waals surface area contributed by atoms with Crippen molar-refractivity contribution in [1.82, 2.24) is 0 Å². The molecule has 0 saturated heterocycles. The smallest absolute Gasteiger partial charge is 1.00 e. The van der Waals surface area contributed by atoms with E-state index in [-0.39, 0.29) is 67.3 Å². The van der Waals surface area contributed by atoms with Crippen molar-refractivity contribution >= 4 is 45.6 Å². The molecule has 0 aromatic carbocycles. The van der Waals surface area contributed by atoms with Crippen LogP contribution in [0, 0.1) is 0 Å². The summed E-state index contributed by atoms with van der Waals surface area (Å²) in [5.41, 5.74) is 0. The SMILES string of the molecule is F.O=P(O)(O)O.[Ca+2].[Cl-].[Cl-]. The van der Waals surface area contributed by atoms with Crippen LogP contribution in [0.4, 0.5) is 4.70 Å². The maximum atomic E-state index is 8.88. The van der Waals surface area contributed by atoms with Crippen LogP contribution in [0.25, 0.3) is 0 Å². The van der Waals surface area contributed by atoms with Crippen LogP contribution in [0.5, 0.6) is 0 Å². The monoisotopic (exact) mass is 228 g/mol. The number of hydrogen-bond donors (Lipinski definition) is 3. The summed E-state index contributed by atoms with van der Waals surface area (Å²) >= 11 is 0. The second-order valence-electron chi connectivity index (χ2n) is 0.513. The topological polar surface area (TPSA) is 77.8 Å². The summed E-state index contributed by atoms with van der Waals surface area (Å²) in [6.07, 6.45) is 0. The summed E-state index contributed by atoms with van der Waals surface area (Å²) < 4.78 is 8.88. The zero-order chi connectivity index (χ0) is 4.50. The molecule has 0 saturated carbocycles. The molecule has 0 aliphatic heterocycles. The Kier molecular flexibility index (Phi) is 42.8. The van der Waals surface area contributed by atoms with Crippen LogP contribution >= 0.6 is 7.82 Å². The molecule has 0 heterocycles. The first kappa shape index (κ1) is 30.7. The Hall–Kier alpha value is 1.88. The molecule has 0 rings (SSSR count). The Morgan fingerprint density at radius 1 is 1.00 bits per heavy atom. The van der Waals surface area contributed by atoms with Crippen LogP contribution in [0.2, 0.25) is 0 Å². The Morgan fingerprint density at radius 3 is 1.00 bits per heavy atom. The molecule has 0 radical (unpaired) electrons. The quantitative estimate of drug-likeness (QED) is 0.285. The van der Waals surface area contributed by atoms with Crippen molar-refractivity contribution in [3.63, 3.8) is 0 Å². The summed E-state index contributed by atoms with van der Waals surface area (Å²) in [4.78, 5) is 21.6.